The summed E-state index contributed by atoms with van der Waals surface area (Å²) in [5.74, 6) is -0.0349. The minimum atomic E-state index is -0.0397. The number of benzene rings is 2. The molecule has 136 valence electrons. The number of para-hydroxylation sites is 1. The van der Waals surface area contributed by atoms with Crippen molar-refractivity contribution >= 4 is 17.5 Å². The van der Waals surface area contributed by atoms with Crippen molar-refractivity contribution in [3.8, 4) is 0 Å². The van der Waals surface area contributed by atoms with Crippen molar-refractivity contribution in [2.45, 2.75) is 33.1 Å². The highest BCUT2D eigenvalue weighted by atomic mass is 16.2. The number of amides is 2. The van der Waals surface area contributed by atoms with Gasteiger partial charge in [-0.2, -0.15) is 0 Å². The normalized spacial score (nSPS) is 12.8. The Bertz CT molecular complexity index is 794. The van der Waals surface area contributed by atoms with Crippen molar-refractivity contribution < 1.29 is 9.59 Å². The van der Waals surface area contributed by atoms with Crippen LogP contribution in [0.3, 0.4) is 0 Å². The van der Waals surface area contributed by atoms with Gasteiger partial charge in [0.1, 0.15) is 0 Å². The Balaban J connectivity index is 1.83. The molecule has 1 aliphatic rings. The third kappa shape index (κ3) is 3.64. The Morgan fingerprint density at radius 1 is 0.962 bits per heavy atom. The van der Waals surface area contributed by atoms with Crippen molar-refractivity contribution in [3.63, 3.8) is 0 Å². The first kappa shape index (κ1) is 18.2. The van der Waals surface area contributed by atoms with Gasteiger partial charge in [-0.3, -0.25) is 9.59 Å². The molecule has 0 saturated heterocycles. The summed E-state index contributed by atoms with van der Waals surface area (Å²) in [6.45, 7) is 6.31. The van der Waals surface area contributed by atoms with Gasteiger partial charge in [0.2, 0.25) is 0 Å². The van der Waals surface area contributed by atoms with Gasteiger partial charge in [-0.15, -0.1) is 0 Å². The van der Waals surface area contributed by atoms with Gasteiger partial charge in [0.15, 0.2) is 0 Å². The summed E-state index contributed by atoms with van der Waals surface area (Å²) in [5.41, 5.74) is 3.34. The second-order valence-electron chi connectivity index (χ2n) is 6.71. The zero-order valence-corrected chi connectivity index (χ0v) is 15.6. The predicted molar refractivity (Wildman–Crippen MR) is 105 cm³/mol. The lowest BCUT2D eigenvalue weighted by atomic mass is 10.1. The van der Waals surface area contributed by atoms with Crippen LogP contribution in [0.5, 0.6) is 0 Å². The number of hydrogen-bond acceptors (Lipinski definition) is 2. The van der Waals surface area contributed by atoms with Gasteiger partial charge in [-0.25, -0.2) is 0 Å². The lowest BCUT2D eigenvalue weighted by Gasteiger charge is -2.22. The molecule has 1 heterocycles. The van der Waals surface area contributed by atoms with E-state index in [1.54, 1.807) is 24.3 Å². The smallest absolute Gasteiger partial charge is 0.258 e. The first-order valence-corrected chi connectivity index (χ1v) is 9.44. The Morgan fingerprint density at radius 3 is 2.38 bits per heavy atom. The van der Waals surface area contributed by atoms with Gasteiger partial charge < -0.3 is 9.80 Å². The minimum absolute atomic E-state index is 0.00479. The van der Waals surface area contributed by atoms with Crippen molar-refractivity contribution in [1.82, 2.24) is 4.90 Å². The van der Waals surface area contributed by atoms with E-state index in [4.69, 9.17) is 0 Å². The Morgan fingerprint density at radius 2 is 1.65 bits per heavy atom. The van der Waals surface area contributed by atoms with E-state index in [0.717, 1.165) is 38.0 Å². The standard InChI is InChI=1S/C22H26N2O2/c1-3-13-23(14-4-2)21(25)18-9-7-10-19(16-18)22(26)24-15-12-17-8-5-6-11-20(17)24/h5-11,16H,3-4,12-15H2,1-2H3. The summed E-state index contributed by atoms with van der Waals surface area (Å²) < 4.78 is 0. The Hall–Kier alpha value is -2.62. The molecule has 0 aliphatic carbocycles. The molecule has 0 saturated carbocycles. The zero-order valence-electron chi connectivity index (χ0n) is 15.6. The molecule has 26 heavy (non-hydrogen) atoms. The summed E-state index contributed by atoms with van der Waals surface area (Å²) >= 11 is 0. The monoisotopic (exact) mass is 350 g/mol. The lowest BCUT2D eigenvalue weighted by Crippen LogP contribution is -2.33. The highest BCUT2D eigenvalue weighted by Crippen LogP contribution is 2.29. The Labute approximate surface area is 155 Å². The van der Waals surface area contributed by atoms with Gasteiger partial charge >= 0.3 is 0 Å². The van der Waals surface area contributed by atoms with E-state index in [9.17, 15) is 9.59 Å². The summed E-state index contributed by atoms with van der Waals surface area (Å²) in [6, 6.07) is 15.1. The molecule has 0 aromatic heterocycles. The molecule has 0 unspecified atom stereocenters. The summed E-state index contributed by atoms with van der Waals surface area (Å²) in [6.07, 6.45) is 2.73. The minimum Gasteiger partial charge on any atom is -0.339 e. The maximum atomic E-state index is 13.0. The molecule has 4 nitrogen and oxygen atoms in total. The van der Waals surface area contributed by atoms with Crippen molar-refractivity contribution in [2.24, 2.45) is 0 Å². The maximum Gasteiger partial charge on any atom is 0.258 e. The molecule has 4 heteroatoms. The lowest BCUT2D eigenvalue weighted by molar-refractivity contribution is 0.0755. The molecule has 2 aromatic carbocycles. The van der Waals surface area contributed by atoms with Gasteiger partial charge in [0, 0.05) is 36.4 Å². The van der Waals surface area contributed by atoms with Gasteiger partial charge in [-0.1, -0.05) is 38.1 Å². The number of hydrogen-bond donors (Lipinski definition) is 0. The first-order valence-electron chi connectivity index (χ1n) is 9.44. The molecule has 0 N–H and O–H groups in total. The molecule has 2 aromatic rings. The first-order chi connectivity index (χ1) is 12.7. The fourth-order valence-corrected chi connectivity index (χ4v) is 3.53. The van der Waals surface area contributed by atoms with E-state index < -0.39 is 0 Å². The second-order valence-corrected chi connectivity index (χ2v) is 6.71. The highest BCUT2D eigenvalue weighted by Gasteiger charge is 2.25. The summed E-state index contributed by atoms with van der Waals surface area (Å²) in [5, 5.41) is 0. The molecule has 0 atom stereocenters. The summed E-state index contributed by atoms with van der Waals surface area (Å²) in [7, 11) is 0. The van der Waals surface area contributed by atoms with E-state index >= 15 is 0 Å². The number of carbonyl (C=O) groups excluding carboxylic acids is 2. The van der Waals surface area contributed by atoms with Crippen LogP contribution >= 0.6 is 0 Å². The summed E-state index contributed by atoms with van der Waals surface area (Å²) in [4.78, 5) is 29.5. The van der Waals surface area contributed by atoms with Crippen molar-refractivity contribution in [3.05, 3.63) is 65.2 Å². The number of rotatable bonds is 6. The Kier molecular flexibility index (Phi) is 5.71. The third-order valence-corrected chi connectivity index (χ3v) is 4.76. The molecular formula is C22H26N2O2. The van der Waals surface area contributed by atoms with Crippen LogP contribution in [0.15, 0.2) is 48.5 Å². The molecule has 0 radical (unpaired) electrons. The number of anilines is 1. The largest absolute Gasteiger partial charge is 0.339 e. The molecule has 0 spiro atoms. The SMILES string of the molecule is CCCN(CCC)C(=O)c1cccc(C(=O)N2CCc3ccccc32)c1. The van der Waals surface area contributed by atoms with Crippen LogP contribution in [0.25, 0.3) is 0 Å². The third-order valence-electron chi connectivity index (χ3n) is 4.76. The second kappa shape index (κ2) is 8.17. The predicted octanol–water partition coefficient (Wildman–Crippen LogP) is 4.15. The van der Waals surface area contributed by atoms with E-state index in [2.05, 4.69) is 19.9 Å². The zero-order chi connectivity index (χ0) is 18.5. The van der Waals surface area contributed by atoms with E-state index in [1.807, 2.05) is 28.0 Å². The maximum absolute atomic E-state index is 13.0. The fraction of sp³-hybridized carbons (Fsp3) is 0.364. The molecule has 0 bridgehead atoms. The number of nitrogens with zero attached hydrogens (tertiary/aromatic N) is 2. The van der Waals surface area contributed by atoms with Gasteiger partial charge in [0.05, 0.1) is 0 Å². The van der Waals surface area contributed by atoms with Crippen LogP contribution in [0.4, 0.5) is 5.69 Å². The van der Waals surface area contributed by atoms with E-state index in [1.165, 1.54) is 5.56 Å². The molecule has 1 aliphatic heterocycles. The van der Waals surface area contributed by atoms with E-state index in [-0.39, 0.29) is 11.8 Å². The van der Waals surface area contributed by atoms with Crippen LogP contribution < -0.4 is 4.90 Å². The van der Waals surface area contributed by atoms with Crippen LogP contribution in [0.1, 0.15) is 53.0 Å². The molecule has 2 amide bonds. The number of fused-ring (bicyclic) bond motifs is 1. The van der Waals surface area contributed by atoms with Crippen LogP contribution in [0, 0.1) is 0 Å². The van der Waals surface area contributed by atoms with E-state index in [0.29, 0.717) is 17.7 Å². The fourth-order valence-electron chi connectivity index (χ4n) is 3.53. The number of carbonyl (C=O) groups is 2. The average Bonchev–Trinajstić information content (AvgIpc) is 3.11. The van der Waals surface area contributed by atoms with Crippen molar-refractivity contribution in [1.29, 1.82) is 0 Å². The van der Waals surface area contributed by atoms with Crippen molar-refractivity contribution in [2.75, 3.05) is 24.5 Å². The van der Waals surface area contributed by atoms with Gasteiger partial charge in [0.25, 0.3) is 11.8 Å². The molecular weight excluding hydrogens is 324 g/mol. The highest BCUT2D eigenvalue weighted by molar-refractivity contribution is 6.08. The molecule has 3 rings (SSSR count). The quantitative estimate of drug-likeness (QED) is 0.785. The van der Waals surface area contributed by atoms with Crippen LogP contribution in [-0.4, -0.2) is 36.3 Å². The average molecular weight is 350 g/mol. The van der Waals surface area contributed by atoms with Gasteiger partial charge in [-0.05, 0) is 49.1 Å². The van der Waals surface area contributed by atoms with Crippen LogP contribution in [0.2, 0.25) is 0 Å². The van der Waals surface area contributed by atoms with Crippen LogP contribution in [-0.2, 0) is 6.42 Å². The topological polar surface area (TPSA) is 40.6 Å². The molecule has 0 fully saturated rings.